The molecule has 4 aromatic rings. The Morgan fingerprint density at radius 3 is 1.28 bits per heavy atom. The van der Waals surface area contributed by atoms with Crippen molar-refractivity contribution in [1.29, 1.82) is 0 Å². The highest BCUT2D eigenvalue weighted by Gasteiger charge is 2.35. The maximum atomic E-state index is 6.29. The van der Waals surface area contributed by atoms with E-state index in [9.17, 15) is 0 Å². The molecular formula is C35H42N4. The van der Waals surface area contributed by atoms with E-state index < -0.39 is 0 Å². The SMILES string of the molecule is CCCC(N)c1ccc(Nc2ccc3c(c2)C(C)(C)c2cc(Nc4ccc(C(N)CCC)cc4)ccc2-3)cc1. The molecule has 39 heavy (non-hydrogen) atoms. The van der Waals surface area contributed by atoms with E-state index in [1.807, 2.05) is 0 Å². The van der Waals surface area contributed by atoms with Gasteiger partial charge in [-0.05, 0) is 94.8 Å². The number of rotatable bonds is 10. The summed E-state index contributed by atoms with van der Waals surface area (Å²) in [4.78, 5) is 0. The fourth-order valence-electron chi connectivity index (χ4n) is 5.81. The van der Waals surface area contributed by atoms with E-state index >= 15 is 0 Å². The van der Waals surface area contributed by atoms with Gasteiger partial charge >= 0.3 is 0 Å². The Morgan fingerprint density at radius 2 is 0.923 bits per heavy atom. The first-order valence-corrected chi connectivity index (χ1v) is 14.3. The molecule has 0 saturated carbocycles. The summed E-state index contributed by atoms with van der Waals surface area (Å²) < 4.78 is 0. The lowest BCUT2D eigenvalue weighted by molar-refractivity contribution is 0.638. The van der Waals surface area contributed by atoms with Gasteiger partial charge in [-0.15, -0.1) is 0 Å². The Bertz CT molecular complexity index is 1310. The summed E-state index contributed by atoms with van der Waals surface area (Å²) in [6, 6.07) is 30.7. The number of anilines is 4. The predicted molar refractivity (Wildman–Crippen MR) is 167 cm³/mol. The summed E-state index contributed by atoms with van der Waals surface area (Å²) in [6.45, 7) is 8.98. The van der Waals surface area contributed by atoms with Crippen LogP contribution < -0.4 is 22.1 Å². The molecule has 0 amide bonds. The Labute approximate surface area is 233 Å². The third-order valence-corrected chi connectivity index (χ3v) is 8.13. The van der Waals surface area contributed by atoms with Gasteiger partial charge in [-0.2, -0.15) is 0 Å². The molecule has 0 saturated heterocycles. The number of fused-ring (bicyclic) bond motifs is 3. The maximum Gasteiger partial charge on any atom is 0.0387 e. The number of hydrogen-bond donors (Lipinski definition) is 4. The van der Waals surface area contributed by atoms with Gasteiger partial charge < -0.3 is 22.1 Å². The predicted octanol–water partition coefficient (Wildman–Crippen LogP) is 9.08. The Hall–Kier alpha value is -3.60. The van der Waals surface area contributed by atoms with Crippen LogP contribution in [0.3, 0.4) is 0 Å². The van der Waals surface area contributed by atoms with Crippen LogP contribution in [-0.4, -0.2) is 0 Å². The van der Waals surface area contributed by atoms with Crippen molar-refractivity contribution in [2.24, 2.45) is 11.5 Å². The zero-order valence-electron chi connectivity index (χ0n) is 23.7. The summed E-state index contributed by atoms with van der Waals surface area (Å²) in [5, 5.41) is 7.20. The number of nitrogens with one attached hydrogen (secondary N) is 2. The summed E-state index contributed by atoms with van der Waals surface area (Å²) >= 11 is 0. The highest BCUT2D eigenvalue weighted by atomic mass is 14.9. The van der Waals surface area contributed by atoms with Crippen molar-refractivity contribution in [1.82, 2.24) is 0 Å². The minimum absolute atomic E-state index is 0.103. The number of benzene rings is 4. The average molecular weight is 519 g/mol. The third-order valence-electron chi connectivity index (χ3n) is 8.13. The standard InChI is InChI=1S/C35H42N4/c1-5-7-33(36)23-9-13-25(14-10-23)38-27-17-19-29-30-20-18-28(22-32(30)35(3,4)31(29)21-27)39-26-15-11-24(12-16-26)34(37)8-6-2/h9-22,33-34,38-39H,5-8,36-37H2,1-4H3. The molecule has 0 aliphatic heterocycles. The van der Waals surface area contributed by atoms with Crippen LogP contribution in [0.5, 0.6) is 0 Å². The molecule has 0 radical (unpaired) electrons. The fraction of sp³-hybridized carbons (Fsp3) is 0.314. The van der Waals surface area contributed by atoms with Gasteiger partial charge in [0.25, 0.3) is 0 Å². The lowest BCUT2D eigenvalue weighted by Gasteiger charge is -2.23. The number of hydrogen-bond acceptors (Lipinski definition) is 4. The summed E-state index contributed by atoms with van der Waals surface area (Å²) in [5.41, 5.74) is 24.5. The molecule has 0 fully saturated rings. The van der Waals surface area contributed by atoms with E-state index in [1.54, 1.807) is 0 Å². The second-order valence-electron chi connectivity index (χ2n) is 11.4. The van der Waals surface area contributed by atoms with Crippen LogP contribution in [0.25, 0.3) is 11.1 Å². The molecule has 5 rings (SSSR count). The highest BCUT2D eigenvalue weighted by molar-refractivity contribution is 5.84. The largest absolute Gasteiger partial charge is 0.356 e. The molecule has 1 aliphatic carbocycles. The molecule has 0 spiro atoms. The maximum absolute atomic E-state index is 6.29. The zero-order chi connectivity index (χ0) is 27.6. The molecule has 4 heteroatoms. The van der Waals surface area contributed by atoms with E-state index in [0.29, 0.717) is 0 Å². The molecule has 2 unspecified atom stereocenters. The van der Waals surface area contributed by atoms with Crippen molar-refractivity contribution in [3.63, 3.8) is 0 Å². The van der Waals surface area contributed by atoms with Crippen LogP contribution >= 0.6 is 0 Å². The van der Waals surface area contributed by atoms with Crippen molar-refractivity contribution in [2.75, 3.05) is 10.6 Å². The van der Waals surface area contributed by atoms with Crippen molar-refractivity contribution in [3.05, 3.63) is 107 Å². The van der Waals surface area contributed by atoms with Gasteiger partial charge in [-0.3, -0.25) is 0 Å². The first kappa shape index (κ1) is 27.0. The minimum atomic E-state index is -0.104. The molecule has 0 bridgehead atoms. The molecule has 202 valence electrons. The van der Waals surface area contributed by atoms with E-state index in [2.05, 4.69) is 123 Å². The first-order valence-electron chi connectivity index (χ1n) is 14.3. The summed E-state index contributed by atoms with van der Waals surface area (Å²) in [6.07, 6.45) is 4.19. The van der Waals surface area contributed by atoms with Crippen LogP contribution in [0.2, 0.25) is 0 Å². The second-order valence-corrected chi connectivity index (χ2v) is 11.4. The van der Waals surface area contributed by atoms with Gasteiger partial charge in [-0.25, -0.2) is 0 Å². The van der Waals surface area contributed by atoms with Crippen LogP contribution in [0.4, 0.5) is 22.7 Å². The quantitative estimate of drug-likeness (QED) is 0.169. The lowest BCUT2D eigenvalue weighted by Crippen LogP contribution is -2.15. The van der Waals surface area contributed by atoms with E-state index in [-0.39, 0.29) is 17.5 Å². The van der Waals surface area contributed by atoms with E-state index in [0.717, 1.165) is 48.4 Å². The molecule has 4 nitrogen and oxygen atoms in total. The molecule has 4 aromatic carbocycles. The lowest BCUT2D eigenvalue weighted by atomic mass is 9.82. The molecule has 6 N–H and O–H groups in total. The fourth-order valence-corrected chi connectivity index (χ4v) is 5.81. The Balaban J connectivity index is 1.33. The molecule has 0 heterocycles. The van der Waals surface area contributed by atoms with Crippen molar-refractivity contribution >= 4 is 22.7 Å². The second kappa shape index (κ2) is 11.3. The minimum Gasteiger partial charge on any atom is -0.356 e. The highest BCUT2D eigenvalue weighted by Crippen LogP contribution is 2.50. The average Bonchev–Trinajstić information content (AvgIpc) is 3.15. The first-order chi connectivity index (χ1) is 18.8. The van der Waals surface area contributed by atoms with Gasteiger partial charge in [0.05, 0.1) is 0 Å². The summed E-state index contributed by atoms with van der Waals surface area (Å²) in [5.74, 6) is 0. The van der Waals surface area contributed by atoms with Crippen LogP contribution in [0, 0.1) is 0 Å². The Kier molecular flexibility index (Phi) is 7.79. The molecule has 2 atom stereocenters. The summed E-state index contributed by atoms with van der Waals surface area (Å²) in [7, 11) is 0. The third kappa shape index (κ3) is 5.59. The van der Waals surface area contributed by atoms with Gasteiger partial charge in [-0.1, -0.05) is 76.9 Å². The topological polar surface area (TPSA) is 76.1 Å². The van der Waals surface area contributed by atoms with E-state index in [4.69, 9.17) is 11.5 Å². The van der Waals surface area contributed by atoms with Crippen LogP contribution in [-0.2, 0) is 5.41 Å². The molecule has 1 aliphatic rings. The monoisotopic (exact) mass is 518 g/mol. The van der Waals surface area contributed by atoms with Crippen LogP contribution in [0.15, 0.2) is 84.9 Å². The van der Waals surface area contributed by atoms with Crippen molar-refractivity contribution in [2.45, 2.75) is 70.9 Å². The molecular weight excluding hydrogens is 476 g/mol. The van der Waals surface area contributed by atoms with Gasteiger partial charge in [0.15, 0.2) is 0 Å². The van der Waals surface area contributed by atoms with Crippen molar-refractivity contribution < 1.29 is 0 Å². The van der Waals surface area contributed by atoms with Gasteiger partial charge in [0, 0.05) is 40.2 Å². The van der Waals surface area contributed by atoms with Crippen LogP contribution in [0.1, 0.15) is 87.7 Å². The van der Waals surface area contributed by atoms with E-state index in [1.165, 1.54) is 33.4 Å². The zero-order valence-corrected chi connectivity index (χ0v) is 23.7. The molecule has 0 aromatic heterocycles. The number of nitrogens with two attached hydrogens (primary N) is 2. The smallest absolute Gasteiger partial charge is 0.0387 e. The van der Waals surface area contributed by atoms with Crippen molar-refractivity contribution in [3.8, 4) is 11.1 Å². The van der Waals surface area contributed by atoms with Gasteiger partial charge in [0.1, 0.15) is 0 Å². The Morgan fingerprint density at radius 1 is 0.564 bits per heavy atom. The van der Waals surface area contributed by atoms with Gasteiger partial charge in [0.2, 0.25) is 0 Å². The normalized spacial score (nSPS) is 14.8.